The smallest absolute Gasteiger partial charge is 0.271 e. The third-order valence-electron chi connectivity index (χ3n) is 3.71. The number of benzene rings is 2. The van der Waals surface area contributed by atoms with E-state index in [4.69, 9.17) is 0 Å². The first-order chi connectivity index (χ1) is 13.1. The van der Waals surface area contributed by atoms with Crippen molar-refractivity contribution in [2.24, 2.45) is 5.10 Å². The van der Waals surface area contributed by atoms with Crippen LogP contribution in [0.15, 0.2) is 78.0 Å². The lowest BCUT2D eigenvalue weighted by Crippen LogP contribution is -2.18. The van der Waals surface area contributed by atoms with Gasteiger partial charge in [0.15, 0.2) is 0 Å². The van der Waals surface area contributed by atoms with Crippen LogP contribution >= 0.6 is 0 Å². The second-order valence-corrected chi connectivity index (χ2v) is 5.86. The van der Waals surface area contributed by atoms with Crippen molar-refractivity contribution in [1.82, 2.24) is 10.4 Å². The molecule has 0 atom stereocenters. The highest BCUT2D eigenvalue weighted by molar-refractivity contribution is 6.05. The Hall–Kier alpha value is -3.80. The Morgan fingerprint density at radius 3 is 2.44 bits per heavy atom. The van der Waals surface area contributed by atoms with Crippen molar-refractivity contribution in [3.8, 4) is 0 Å². The summed E-state index contributed by atoms with van der Waals surface area (Å²) in [6.45, 7) is 1.92. The van der Waals surface area contributed by atoms with E-state index in [9.17, 15) is 9.59 Å². The van der Waals surface area contributed by atoms with Crippen LogP contribution in [0.25, 0.3) is 0 Å². The van der Waals surface area contributed by atoms with E-state index in [0.717, 1.165) is 5.56 Å². The number of amides is 2. The summed E-state index contributed by atoms with van der Waals surface area (Å²) in [7, 11) is 0. The average Bonchev–Trinajstić information content (AvgIpc) is 2.69. The van der Waals surface area contributed by atoms with Gasteiger partial charge >= 0.3 is 0 Å². The first kappa shape index (κ1) is 18.0. The highest BCUT2D eigenvalue weighted by Crippen LogP contribution is 2.13. The molecule has 0 saturated heterocycles. The van der Waals surface area contributed by atoms with Crippen molar-refractivity contribution in [1.29, 1.82) is 0 Å². The molecule has 2 N–H and O–H groups in total. The van der Waals surface area contributed by atoms with E-state index < -0.39 is 0 Å². The SMILES string of the molecule is Cc1cccc(C(=O)Nc2cccc(C(=O)NN=Cc3ccccn3)c2)c1. The van der Waals surface area contributed by atoms with Gasteiger partial charge in [0.1, 0.15) is 0 Å². The Labute approximate surface area is 157 Å². The van der Waals surface area contributed by atoms with Crippen LogP contribution in [0.4, 0.5) is 5.69 Å². The minimum Gasteiger partial charge on any atom is -0.322 e. The number of aryl methyl sites for hydroxylation is 1. The zero-order chi connectivity index (χ0) is 19.1. The molecule has 134 valence electrons. The summed E-state index contributed by atoms with van der Waals surface area (Å²) < 4.78 is 0. The Kier molecular flexibility index (Phi) is 5.69. The second-order valence-electron chi connectivity index (χ2n) is 5.86. The summed E-state index contributed by atoms with van der Waals surface area (Å²) in [6.07, 6.45) is 3.10. The van der Waals surface area contributed by atoms with E-state index in [1.54, 1.807) is 54.7 Å². The van der Waals surface area contributed by atoms with Gasteiger partial charge in [-0.1, -0.05) is 29.8 Å². The largest absolute Gasteiger partial charge is 0.322 e. The number of carbonyl (C=O) groups is 2. The van der Waals surface area contributed by atoms with Gasteiger partial charge in [-0.2, -0.15) is 5.10 Å². The van der Waals surface area contributed by atoms with Gasteiger partial charge in [0.2, 0.25) is 0 Å². The number of carbonyl (C=O) groups excluding carboxylic acids is 2. The van der Waals surface area contributed by atoms with Gasteiger partial charge in [-0.25, -0.2) is 5.43 Å². The van der Waals surface area contributed by atoms with E-state index in [-0.39, 0.29) is 11.8 Å². The Bertz CT molecular complexity index is 984. The van der Waals surface area contributed by atoms with Crippen LogP contribution in [-0.4, -0.2) is 23.0 Å². The Morgan fingerprint density at radius 2 is 1.70 bits per heavy atom. The van der Waals surface area contributed by atoms with Crippen molar-refractivity contribution in [2.45, 2.75) is 6.92 Å². The van der Waals surface area contributed by atoms with Crippen LogP contribution in [0, 0.1) is 6.92 Å². The minimum atomic E-state index is -0.381. The summed E-state index contributed by atoms with van der Waals surface area (Å²) >= 11 is 0. The fourth-order valence-electron chi connectivity index (χ4n) is 2.40. The van der Waals surface area contributed by atoms with Crippen LogP contribution in [0.2, 0.25) is 0 Å². The monoisotopic (exact) mass is 358 g/mol. The molecular weight excluding hydrogens is 340 g/mol. The standard InChI is InChI=1S/C21H18N4O2/c1-15-6-4-7-16(12-15)20(26)24-18-10-5-8-17(13-18)21(27)25-23-14-19-9-2-3-11-22-19/h2-14H,1H3,(H,24,26)(H,25,27). The maximum absolute atomic E-state index is 12.3. The molecule has 3 aromatic rings. The molecule has 1 heterocycles. The van der Waals surface area contributed by atoms with Gasteiger partial charge in [0.05, 0.1) is 11.9 Å². The van der Waals surface area contributed by atoms with Crippen LogP contribution in [0.1, 0.15) is 32.0 Å². The molecule has 0 aliphatic carbocycles. The molecule has 2 aromatic carbocycles. The molecule has 0 bridgehead atoms. The number of hydrogen-bond acceptors (Lipinski definition) is 4. The summed E-state index contributed by atoms with van der Waals surface area (Å²) in [6, 6.07) is 19.4. The molecule has 0 spiro atoms. The predicted molar refractivity (Wildman–Crippen MR) is 105 cm³/mol. The Balaban J connectivity index is 1.65. The molecule has 0 saturated carbocycles. The summed E-state index contributed by atoms with van der Waals surface area (Å²) in [5.41, 5.74) is 5.56. The molecule has 0 radical (unpaired) electrons. The number of hydrazone groups is 1. The molecule has 1 aromatic heterocycles. The first-order valence-electron chi connectivity index (χ1n) is 8.34. The van der Waals surface area contributed by atoms with E-state index in [0.29, 0.717) is 22.5 Å². The van der Waals surface area contributed by atoms with Crippen molar-refractivity contribution >= 4 is 23.7 Å². The van der Waals surface area contributed by atoms with Gasteiger partial charge in [-0.15, -0.1) is 0 Å². The zero-order valence-electron chi connectivity index (χ0n) is 14.7. The molecule has 2 amide bonds. The lowest BCUT2D eigenvalue weighted by molar-refractivity contribution is 0.0953. The summed E-state index contributed by atoms with van der Waals surface area (Å²) in [4.78, 5) is 28.6. The third-order valence-corrected chi connectivity index (χ3v) is 3.71. The fourth-order valence-corrected chi connectivity index (χ4v) is 2.40. The number of anilines is 1. The van der Waals surface area contributed by atoms with Crippen molar-refractivity contribution in [3.63, 3.8) is 0 Å². The number of rotatable bonds is 5. The van der Waals surface area contributed by atoms with Crippen molar-refractivity contribution in [2.75, 3.05) is 5.32 Å². The number of hydrogen-bond donors (Lipinski definition) is 2. The van der Waals surface area contributed by atoms with Gasteiger partial charge in [0.25, 0.3) is 11.8 Å². The van der Waals surface area contributed by atoms with E-state index in [2.05, 4.69) is 20.8 Å². The van der Waals surface area contributed by atoms with Crippen LogP contribution in [0.3, 0.4) is 0 Å². The molecule has 0 fully saturated rings. The molecule has 6 nitrogen and oxygen atoms in total. The maximum atomic E-state index is 12.3. The molecule has 6 heteroatoms. The highest BCUT2D eigenvalue weighted by atomic mass is 16.2. The predicted octanol–water partition coefficient (Wildman–Crippen LogP) is 3.41. The molecule has 0 aliphatic rings. The number of aromatic nitrogens is 1. The Morgan fingerprint density at radius 1 is 0.926 bits per heavy atom. The number of nitrogens with one attached hydrogen (secondary N) is 2. The zero-order valence-corrected chi connectivity index (χ0v) is 14.7. The van der Waals surface area contributed by atoms with Gasteiger partial charge in [-0.05, 0) is 49.4 Å². The second kappa shape index (κ2) is 8.53. The lowest BCUT2D eigenvalue weighted by atomic mass is 10.1. The van der Waals surface area contributed by atoms with Crippen LogP contribution in [-0.2, 0) is 0 Å². The van der Waals surface area contributed by atoms with Gasteiger partial charge in [-0.3, -0.25) is 14.6 Å². The number of nitrogens with zero attached hydrogens (tertiary/aromatic N) is 2. The summed E-state index contributed by atoms with van der Waals surface area (Å²) in [5, 5.41) is 6.69. The van der Waals surface area contributed by atoms with E-state index in [1.807, 2.05) is 25.1 Å². The van der Waals surface area contributed by atoms with Crippen LogP contribution < -0.4 is 10.7 Å². The van der Waals surface area contributed by atoms with Crippen molar-refractivity contribution < 1.29 is 9.59 Å². The molecule has 0 aliphatic heterocycles. The fraction of sp³-hybridized carbons (Fsp3) is 0.0476. The molecule has 3 rings (SSSR count). The van der Waals surface area contributed by atoms with Gasteiger partial charge < -0.3 is 5.32 Å². The quantitative estimate of drug-likeness (QED) is 0.541. The van der Waals surface area contributed by atoms with E-state index in [1.165, 1.54) is 6.21 Å². The first-order valence-corrected chi connectivity index (χ1v) is 8.34. The topological polar surface area (TPSA) is 83.5 Å². The lowest BCUT2D eigenvalue weighted by Gasteiger charge is -2.07. The van der Waals surface area contributed by atoms with E-state index >= 15 is 0 Å². The highest BCUT2D eigenvalue weighted by Gasteiger charge is 2.09. The third kappa shape index (κ3) is 5.09. The maximum Gasteiger partial charge on any atom is 0.271 e. The minimum absolute atomic E-state index is 0.232. The molecule has 27 heavy (non-hydrogen) atoms. The van der Waals surface area contributed by atoms with Crippen molar-refractivity contribution in [3.05, 3.63) is 95.3 Å². The van der Waals surface area contributed by atoms with Gasteiger partial charge in [0, 0.05) is 23.0 Å². The average molecular weight is 358 g/mol. The van der Waals surface area contributed by atoms with Crippen LogP contribution in [0.5, 0.6) is 0 Å². The normalized spacial score (nSPS) is 10.6. The molecular formula is C21H18N4O2. The summed E-state index contributed by atoms with van der Waals surface area (Å²) in [5.74, 6) is -0.613. The number of pyridine rings is 1. The molecule has 0 unspecified atom stereocenters.